The molecule has 1 aliphatic heterocycles. The van der Waals surface area contributed by atoms with Gasteiger partial charge in [0.15, 0.2) is 0 Å². The Kier molecular flexibility index (Phi) is 4.68. The molecule has 5 nitrogen and oxygen atoms in total. The van der Waals surface area contributed by atoms with Crippen LogP contribution in [0.3, 0.4) is 0 Å². The zero-order valence-corrected chi connectivity index (χ0v) is 15.2. The second-order valence-corrected chi connectivity index (χ2v) is 7.42. The molecular weight excluding hydrogens is 310 g/mol. The van der Waals surface area contributed by atoms with E-state index in [1.807, 2.05) is 12.4 Å². The first-order chi connectivity index (χ1) is 12.2. The SMILES string of the molecule is C[C@H]1Cc2ccccc2[C@H]1NCc1cnc(N2CCN(C)CC2)nc1. The summed E-state index contributed by atoms with van der Waals surface area (Å²) in [6.45, 7) is 7.29. The van der Waals surface area contributed by atoms with E-state index in [0.717, 1.165) is 50.7 Å². The molecule has 2 aliphatic rings. The van der Waals surface area contributed by atoms with Crippen molar-refractivity contribution in [3.8, 4) is 0 Å². The van der Waals surface area contributed by atoms with Crippen LogP contribution in [0.2, 0.25) is 0 Å². The summed E-state index contributed by atoms with van der Waals surface area (Å²) in [5.41, 5.74) is 4.08. The van der Waals surface area contributed by atoms with Crippen molar-refractivity contribution < 1.29 is 0 Å². The van der Waals surface area contributed by atoms with Crippen LogP contribution in [0.5, 0.6) is 0 Å². The molecule has 1 aromatic heterocycles. The number of nitrogens with zero attached hydrogens (tertiary/aromatic N) is 4. The van der Waals surface area contributed by atoms with Gasteiger partial charge >= 0.3 is 0 Å². The van der Waals surface area contributed by atoms with Crippen molar-refractivity contribution in [2.75, 3.05) is 38.1 Å². The molecule has 0 spiro atoms. The van der Waals surface area contributed by atoms with Crippen LogP contribution >= 0.6 is 0 Å². The fourth-order valence-corrected chi connectivity index (χ4v) is 3.94. The van der Waals surface area contributed by atoms with Crippen molar-refractivity contribution >= 4 is 5.95 Å². The van der Waals surface area contributed by atoms with Crippen LogP contribution in [-0.2, 0) is 13.0 Å². The second-order valence-electron chi connectivity index (χ2n) is 7.42. The Balaban J connectivity index is 1.37. The second kappa shape index (κ2) is 7.10. The Hall–Kier alpha value is -1.98. The number of fused-ring (bicyclic) bond motifs is 1. The molecule has 0 amide bonds. The fourth-order valence-electron chi connectivity index (χ4n) is 3.94. The van der Waals surface area contributed by atoms with E-state index >= 15 is 0 Å². The minimum atomic E-state index is 0.425. The maximum absolute atomic E-state index is 4.59. The van der Waals surface area contributed by atoms with Crippen molar-refractivity contribution in [2.24, 2.45) is 5.92 Å². The van der Waals surface area contributed by atoms with Crippen molar-refractivity contribution in [1.82, 2.24) is 20.2 Å². The molecule has 1 saturated heterocycles. The molecule has 0 bridgehead atoms. The van der Waals surface area contributed by atoms with E-state index in [2.05, 4.69) is 63.3 Å². The van der Waals surface area contributed by atoms with E-state index in [1.54, 1.807) is 0 Å². The maximum atomic E-state index is 4.59. The summed E-state index contributed by atoms with van der Waals surface area (Å²) in [7, 11) is 2.16. The Labute approximate surface area is 150 Å². The van der Waals surface area contributed by atoms with Gasteiger partial charge in [0.05, 0.1) is 0 Å². The van der Waals surface area contributed by atoms with Gasteiger partial charge in [0.25, 0.3) is 0 Å². The van der Waals surface area contributed by atoms with E-state index < -0.39 is 0 Å². The smallest absolute Gasteiger partial charge is 0.225 e. The van der Waals surface area contributed by atoms with Gasteiger partial charge in [-0.3, -0.25) is 0 Å². The molecule has 1 aromatic carbocycles. The molecule has 0 unspecified atom stereocenters. The molecule has 5 heteroatoms. The number of benzene rings is 1. The lowest BCUT2D eigenvalue weighted by molar-refractivity contribution is 0.311. The summed E-state index contributed by atoms with van der Waals surface area (Å²) in [5.74, 6) is 1.49. The third kappa shape index (κ3) is 3.53. The topological polar surface area (TPSA) is 44.3 Å². The zero-order valence-electron chi connectivity index (χ0n) is 15.2. The van der Waals surface area contributed by atoms with Gasteiger partial charge in [-0.25, -0.2) is 9.97 Å². The molecule has 2 aromatic rings. The van der Waals surface area contributed by atoms with Gasteiger partial charge in [-0.15, -0.1) is 0 Å². The monoisotopic (exact) mass is 337 g/mol. The highest BCUT2D eigenvalue weighted by molar-refractivity contribution is 5.36. The van der Waals surface area contributed by atoms with Gasteiger partial charge in [0.1, 0.15) is 0 Å². The van der Waals surface area contributed by atoms with Gasteiger partial charge in [-0.2, -0.15) is 0 Å². The van der Waals surface area contributed by atoms with Crippen LogP contribution < -0.4 is 10.2 Å². The lowest BCUT2D eigenvalue weighted by Crippen LogP contribution is -2.45. The zero-order chi connectivity index (χ0) is 17.2. The van der Waals surface area contributed by atoms with Crippen molar-refractivity contribution in [3.63, 3.8) is 0 Å². The first kappa shape index (κ1) is 16.5. The molecule has 1 N–H and O–H groups in total. The highest BCUT2D eigenvalue weighted by atomic mass is 15.3. The first-order valence-corrected chi connectivity index (χ1v) is 9.26. The predicted octanol–water partition coefficient (Wildman–Crippen LogP) is 2.25. The van der Waals surface area contributed by atoms with Crippen molar-refractivity contribution in [2.45, 2.75) is 25.9 Å². The van der Waals surface area contributed by atoms with Crippen LogP contribution in [0.1, 0.15) is 29.7 Å². The van der Waals surface area contributed by atoms with Gasteiger partial charge in [0, 0.05) is 56.7 Å². The fraction of sp³-hybridized carbons (Fsp3) is 0.500. The summed E-state index contributed by atoms with van der Waals surface area (Å²) in [5, 5.41) is 3.71. The standard InChI is InChI=1S/C20H27N5/c1-15-11-17-5-3-4-6-18(17)19(15)21-12-16-13-22-20(23-14-16)25-9-7-24(2)8-10-25/h3-6,13-15,19,21H,7-12H2,1-2H3/t15-,19-/m0/s1. The quantitative estimate of drug-likeness (QED) is 0.927. The van der Waals surface area contributed by atoms with E-state index in [0.29, 0.717) is 12.0 Å². The van der Waals surface area contributed by atoms with Gasteiger partial charge in [0.2, 0.25) is 5.95 Å². The van der Waals surface area contributed by atoms with Gasteiger partial charge in [-0.05, 0) is 30.5 Å². The summed E-state index contributed by atoms with van der Waals surface area (Å²) >= 11 is 0. The van der Waals surface area contributed by atoms with E-state index in [-0.39, 0.29) is 0 Å². The molecule has 0 saturated carbocycles. The molecule has 1 fully saturated rings. The van der Waals surface area contributed by atoms with Crippen LogP contribution in [0.4, 0.5) is 5.95 Å². The number of aromatic nitrogens is 2. The Morgan fingerprint density at radius 2 is 1.80 bits per heavy atom. The van der Waals surface area contributed by atoms with Crippen LogP contribution in [0.25, 0.3) is 0 Å². The Morgan fingerprint density at radius 1 is 1.08 bits per heavy atom. The predicted molar refractivity (Wildman–Crippen MR) is 101 cm³/mol. The molecule has 2 atom stereocenters. The minimum absolute atomic E-state index is 0.425. The summed E-state index contributed by atoms with van der Waals surface area (Å²) in [6.07, 6.45) is 5.10. The largest absolute Gasteiger partial charge is 0.338 e. The number of rotatable bonds is 4. The number of nitrogens with one attached hydrogen (secondary N) is 1. The Bertz CT molecular complexity index is 706. The average molecular weight is 337 g/mol. The van der Waals surface area contributed by atoms with Gasteiger partial charge < -0.3 is 15.1 Å². The minimum Gasteiger partial charge on any atom is -0.338 e. The molecule has 1 aliphatic carbocycles. The first-order valence-electron chi connectivity index (χ1n) is 9.26. The molecule has 25 heavy (non-hydrogen) atoms. The summed E-state index contributed by atoms with van der Waals surface area (Å²) < 4.78 is 0. The highest BCUT2D eigenvalue weighted by Gasteiger charge is 2.28. The van der Waals surface area contributed by atoms with E-state index in [9.17, 15) is 0 Å². The third-order valence-corrected chi connectivity index (χ3v) is 5.50. The molecule has 2 heterocycles. The van der Waals surface area contributed by atoms with Crippen molar-refractivity contribution in [3.05, 3.63) is 53.3 Å². The average Bonchev–Trinajstić information content (AvgIpc) is 2.96. The number of anilines is 1. The highest BCUT2D eigenvalue weighted by Crippen LogP contribution is 2.35. The molecule has 4 rings (SSSR count). The van der Waals surface area contributed by atoms with Crippen LogP contribution in [0, 0.1) is 5.92 Å². The normalized spacial score (nSPS) is 23.7. The maximum Gasteiger partial charge on any atom is 0.225 e. The lowest BCUT2D eigenvalue weighted by atomic mass is 10.0. The molecular formula is C20H27N5. The van der Waals surface area contributed by atoms with E-state index in [1.165, 1.54) is 11.1 Å². The number of likely N-dealkylation sites (N-methyl/N-ethyl adjacent to an activating group) is 1. The van der Waals surface area contributed by atoms with Crippen LogP contribution in [0.15, 0.2) is 36.7 Å². The molecule has 132 valence electrons. The number of piperazine rings is 1. The van der Waals surface area contributed by atoms with Crippen molar-refractivity contribution in [1.29, 1.82) is 0 Å². The third-order valence-electron chi connectivity index (χ3n) is 5.50. The van der Waals surface area contributed by atoms with Gasteiger partial charge in [-0.1, -0.05) is 31.2 Å². The summed E-state index contributed by atoms with van der Waals surface area (Å²) in [6, 6.07) is 9.21. The Morgan fingerprint density at radius 3 is 2.56 bits per heavy atom. The lowest BCUT2D eigenvalue weighted by Gasteiger charge is -2.32. The number of hydrogen-bond donors (Lipinski definition) is 1. The number of hydrogen-bond acceptors (Lipinski definition) is 5. The molecule has 0 radical (unpaired) electrons. The van der Waals surface area contributed by atoms with Crippen LogP contribution in [-0.4, -0.2) is 48.1 Å². The van der Waals surface area contributed by atoms with E-state index in [4.69, 9.17) is 0 Å². The summed E-state index contributed by atoms with van der Waals surface area (Å²) in [4.78, 5) is 13.8.